The topological polar surface area (TPSA) is 39.1 Å². The van der Waals surface area contributed by atoms with Crippen LogP contribution in [0.2, 0.25) is 0 Å². The van der Waals surface area contributed by atoms with Crippen molar-refractivity contribution in [2.24, 2.45) is 0 Å². The Kier molecular flexibility index (Phi) is 3.60. The predicted molar refractivity (Wildman–Crippen MR) is 89.8 cm³/mol. The van der Waals surface area contributed by atoms with Crippen LogP contribution in [-0.4, -0.2) is 16.1 Å². The van der Waals surface area contributed by atoms with Crippen LogP contribution in [0.3, 0.4) is 0 Å². The fourth-order valence-electron chi connectivity index (χ4n) is 3.06. The molecular weight excluding hydrogens is 286 g/mol. The zero-order valence-electron chi connectivity index (χ0n) is 13.1. The van der Waals surface area contributed by atoms with Gasteiger partial charge in [-0.1, -0.05) is 35.9 Å². The Bertz CT molecular complexity index is 811. The number of nitrogens with zero attached hydrogens (tertiary/aromatic N) is 2. The standard InChI is InChI=1S/C19H19N3O/c1-14-6-7-18-16(12-14)19(15-4-2-3-5-17(15)23-18)21-9-11-22-10-8-20-13-22/h2-8,10,12-13,19,21H,9,11H2,1H3. The van der Waals surface area contributed by atoms with Gasteiger partial charge < -0.3 is 14.6 Å². The maximum Gasteiger partial charge on any atom is 0.132 e. The maximum atomic E-state index is 6.06. The minimum atomic E-state index is 0.151. The molecule has 3 aromatic rings. The first-order chi connectivity index (χ1) is 11.3. The molecule has 2 heterocycles. The summed E-state index contributed by atoms with van der Waals surface area (Å²) in [7, 11) is 0. The highest BCUT2D eigenvalue weighted by molar-refractivity contribution is 5.53. The van der Waals surface area contributed by atoms with E-state index >= 15 is 0 Å². The summed E-state index contributed by atoms with van der Waals surface area (Å²) in [5.74, 6) is 1.87. The van der Waals surface area contributed by atoms with Crippen molar-refractivity contribution in [3.63, 3.8) is 0 Å². The zero-order chi connectivity index (χ0) is 15.6. The highest BCUT2D eigenvalue weighted by Gasteiger charge is 2.26. The van der Waals surface area contributed by atoms with E-state index in [0.29, 0.717) is 0 Å². The van der Waals surface area contributed by atoms with Crippen LogP contribution >= 0.6 is 0 Å². The quantitative estimate of drug-likeness (QED) is 0.799. The van der Waals surface area contributed by atoms with Crippen molar-refractivity contribution in [1.29, 1.82) is 0 Å². The molecule has 1 aliphatic heterocycles. The Morgan fingerprint density at radius 3 is 2.87 bits per heavy atom. The minimum absolute atomic E-state index is 0.151. The van der Waals surface area contributed by atoms with Crippen LogP contribution in [0, 0.1) is 6.92 Å². The predicted octanol–water partition coefficient (Wildman–Crippen LogP) is 3.68. The number of aryl methyl sites for hydroxylation is 1. The van der Waals surface area contributed by atoms with Gasteiger partial charge in [-0.3, -0.25) is 0 Å². The van der Waals surface area contributed by atoms with Gasteiger partial charge in [0.05, 0.1) is 12.4 Å². The summed E-state index contributed by atoms with van der Waals surface area (Å²) < 4.78 is 8.14. The van der Waals surface area contributed by atoms with Gasteiger partial charge in [0.25, 0.3) is 0 Å². The lowest BCUT2D eigenvalue weighted by Crippen LogP contribution is -2.28. The molecule has 4 heteroatoms. The Morgan fingerprint density at radius 2 is 2.00 bits per heavy atom. The summed E-state index contributed by atoms with van der Waals surface area (Å²) in [6.45, 7) is 3.87. The Labute approximate surface area is 135 Å². The first-order valence-corrected chi connectivity index (χ1v) is 7.88. The number of imidazole rings is 1. The van der Waals surface area contributed by atoms with Crippen LogP contribution in [0.4, 0.5) is 0 Å². The van der Waals surface area contributed by atoms with Gasteiger partial charge >= 0.3 is 0 Å². The summed E-state index contributed by atoms with van der Waals surface area (Å²) >= 11 is 0. The van der Waals surface area contributed by atoms with Crippen molar-refractivity contribution in [3.8, 4) is 11.5 Å². The molecule has 0 fully saturated rings. The second-order valence-electron chi connectivity index (χ2n) is 5.87. The number of para-hydroxylation sites is 1. The summed E-state index contributed by atoms with van der Waals surface area (Å²) in [5, 5.41) is 3.67. The molecule has 0 spiro atoms. The molecule has 0 saturated carbocycles. The summed E-state index contributed by atoms with van der Waals surface area (Å²) in [5.41, 5.74) is 3.64. The molecule has 0 bridgehead atoms. The highest BCUT2D eigenvalue weighted by Crippen LogP contribution is 2.42. The molecule has 4 rings (SSSR count). The average molecular weight is 305 g/mol. The van der Waals surface area contributed by atoms with Crippen LogP contribution in [0.25, 0.3) is 0 Å². The molecule has 0 radical (unpaired) electrons. The van der Waals surface area contributed by atoms with Crippen LogP contribution in [-0.2, 0) is 6.54 Å². The van der Waals surface area contributed by atoms with Crippen molar-refractivity contribution in [2.75, 3.05) is 6.54 Å². The van der Waals surface area contributed by atoms with E-state index < -0.39 is 0 Å². The van der Waals surface area contributed by atoms with E-state index in [2.05, 4.69) is 52.1 Å². The van der Waals surface area contributed by atoms with E-state index in [1.807, 2.05) is 30.9 Å². The van der Waals surface area contributed by atoms with Crippen LogP contribution in [0.1, 0.15) is 22.7 Å². The van der Waals surface area contributed by atoms with E-state index in [9.17, 15) is 0 Å². The van der Waals surface area contributed by atoms with E-state index in [4.69, 9.17) is 4.74 Å². The van der Waals surface area contributed by atoms with Gasteiger partial charge in [-0.05, 0) is 19.1 Å². The van der Waals surface area contributed by atoms with Gasteiger partial charge in [0.15, 0.2) is 0 Å². The SMILES string of the molecule is Cc1ccc2c(c1)C(NCCn1ccnc1)c1ccccc1O2. The first-order valence-electron chi connectivity index (χ1n) is 7.88. The number of nitrogens with one attached hydrogen (secondary N) is 1. The third-order valence-electron chi connectivity index (χ3n) is 4.20. The van der Waals surface area contributed by atoms with Crippen molar-refractivity contribution in [2.45, 2.75) is 19.5 Å². The van der Waals surface area contributed by atoms with Crippen molar-refractivity contribution >= 4 is 0 Å². The Hall–Kier alpha value is -2.59. The molecule has 0 aliphatic carbocycles. The smallest absolute Gasteiger partial charge is 0.132 e. The van der Waals surface area contributed by atoms with Crippen molar-refractivity contribution < 1.29 is 4.74 Å². The summed E-state index contributed by atoms with van der Waals surface area (Å²) in [6, 6.07) is 14.8. The van der Waals surface area contributed by atoms with Gasteiger partial charge in [-0.25, -0.2) is 4.98 Å². The minimum Gasteiger partial charge on any atom is -0.457 e. The zero-order valence-corrected chi connectivity index (χ0v) is 13.1. The fraction of sp³-hybridized carbons (Fsp3) is 0.211. The number of ether oxygens (including phenoxy) is 1. The molecule has 116 valence electrons. The second kappa shape index (κ2) is 5.89. The fourth-order valence-corrected chi connectivity index (χ4v) is 3.06. The van der Waals surface area contributed by atoms with Gasteiger partial charge in [0, 0.05) is 36.6 Å². The van der Waals surface area contributed by atoms with E-state index in [-0.39, 0.29) is 6.04 Å². The molecule has 2 aromatic carbocycles. The normalized spacial score (nSPS) is 15.6. The second-order valence-corrected chi connectivity index (χ2v) is 5.87. The molecule has 1 aliphatic rings. The number of hydrogen-bond acceptors (Lipinski definition) is 3. The molecule has 0 amide bonds. The average Bonchev–Trinajstić information content (AvgIpc) is 3.08. The largest absolute Gasteiger partial charge is 0.457 e. The molecule has 4 nitrogen and oxygen atoms in total. The maximum absolute atomic E-state index is 6.06. The number of aromatic nitrogens is 2. The molecule has 1 aromatic heterocycles. The lowest BCUT2D eigenvalue weighted by Gasteiger charge is -2.29. The third-order valence-corrected chi connectivity index (χ3v) is 4.20. The summed E-state index contributed by atoms with van der Waals surface area (Å²) in [4.78, 5) is 4.09. The van der Waals surface area contributed by atoms with Gasteiger partial charge in [0.2, 0.25) is 0 Å². The molecule has 0 saturated heterocycles. The Balaban J connectivity index is 1.63. The van der Waals surface area contributed by atoms with E-state index in [0.717, 1.165) is 24.6 Å². The number of fused-ring (bicyclic) bond motifs is 2. The lowest BCUT2D eigenvalue weighted by atomic mass is 9.93. The third kappa shape index (κ3) is 2.73. The number of rotatable bonds is 4. The van der Waals surface area contributed by atoms with Crippen LogP contribution in [0.15, 0.2) is 61.2 Å². The highest BCUT2D eigenvalue weighted by atomic mass is 16.5. The molecule has 1 unspecified atom stereocenters. The monoisotopic (exact) mass is 305 g/mol. The van der Waals surface area contributed by atoms with Gasteiger partial charge in [-0.2, -0.15) is 0 Å². The van der Waals surface area contributed by atoms with Gasteiger partial charge in [0.1, 0.15) is 11.5 Å². The molecule has 1 N–H and O–H groups in total. The first kappa shape index (κ1) is 14.0. The number of benzene rings is 2. The Morgan fingerprint density at radius 1 is 1.13 bits per heavy atom. The molecule has 23 heavy (non-hydrogen) atoms. The van der Waals surface area contributed by atoms with Gasteiger partial charge in [-0.15, -0.1) is 0 Å². The molecule has 1 atom stereocenters. The van der Waals surface area contributed by atoms with Crippen LogP contribution < -0.4 is 10.1 Å². The summed E-state index contributed by atoms with van der Waals surface area (Å²) in [6.07, 6.45) is 5.64. The lowest BCUT2D eigenvalue weighted by molar-refractivity contribution is 0.424. The van der Waals surface area contributed by atoms with Crippen molar-refractivity contribution in [3.05, 3.63) is 77.9 Å². The van der Waals surface area contributed by atoms with E-state index in [1.54, 1.807) is 0 Å². The number of hydrogen-bond donors (Lipinski definition) is 1. The van der Waals surface area contributed by atoms with E-state index in [1.165, 1.54) is 16.7 Å². The van der Waals surface area contributed by atoms with Crippen molar-refractivity contribution in [1.82, 2.24) is 14.9 Å². The van der Waals surface area contributed by atoms with Crippen LogP contribution in [0.5, 0.6) is 11.5 Å². The molecular formula is C19H19N3O.